The van der Waals surface area contributed by atoms with Crippen molar-refractivity contribution in [1.29, 1.82) is 0 Å². The molecule has 3 nitrogen and oxygen atoms in total. The van der Waals surface area contributed by atoms with Gasteiger partial charge >= 0.3 is 0 Å². The van der Waals surface area contributed by atoms with Crippen LogP contribution in [0.2, 0.25) is 0 Å². The maximum Gasteiger partial charge on any atom is 0.259 e. The van der Waals surface area contributed by atoms with Gasteiger partial charge < -0.3 is 4.98 Å². The monoisotopic (exact) mass is 290 g/mol. The summed E-state index contributed by atoms with van der Waals surface area (Å²) in [7, 11) is 0. The zero-order chi connectivity index (χ0) is 14.1. The second kappa shape index (κ2) is 5.68. The predicted octanol–water partition coefficient (Wildman–Crippen LogP) is 3.84. The number of H-pyrrole nitrogens is 1. The molecule has 0 radical (unpaired) electrons. The lowest BCUT2D eigenvalue weighted by Crippen LogP contribution is -2.15. The molecule has 1 atom stereocenters. The van der Waals surface area contributed by atoms with Gasteiger partial charge in [-0.15, -0.1) is 11.3 Å². The SMILES string of the molecule is CCCCCc1nc2sc3c(c2c(=O)[nH]1)C[C@H](C)CC3. The van der Waals surface area contributed by atoms with E-state index in [9.17, 15) is 4.79 Å². The zero-order valence-corrected chi connectivity index (χ0v) is 13.1. The fraction of sp³-hybridized carbons (Fsp3) is 0.625. The van der Waals surface area contributed by atoms with Crippen LogP contribution in [0.4, 0.5) is 0 Å². The van der Waals surface area contributed by atoms with Gasteiger partial charge in [0, 0.05) is 11.3 Å². The molecule has 4 heteroatoms. The summed E-state index contributed by atoms with van der Waals surface area (Å²) in [5.74, 6) is 1.55. The van der Waals surface area contributed by atoms with Crippen LogP contribution >= 0.6 is 11.3 Å². The molecule has 0 saturated heterocycles. The van der Waals surface area contributed by atoms with E-state index >= 15 is 0 Å². The Morgan fingerprint density at radius 3 is 3.05 bits per heavy atom. The first kappa shape index (κ1) is 13.8. The normalized spacial score (nSPS) is 18.4. The molecule has 1 aliphatic carbocycles. The molecule has 0 aliphatic heterocycles. The maximum absolute atomic E-state index is 12.4. The van der Waals surface area contributed by atoms with E-state index in [1.807, 2.05) is 0 Å². The van der Waals surface area contributed by atoms with E-state index in [0.29, 0.717) is 5.92 Å². The summed E-state index contributed by atoms with van der Waals surface area (Å²) in [6.45, 7) is 4.46. The number of thiophene rings is 1. The minimum Gasteiger partial charge on any atom is -0.310 e. The quantitative estimate of drug-likeness (QED) is 0.870. The highest BCUT2D eigenvalue weighted by molar-refractivity contribution is 7.18. The van der Waals surface area contributed by atoms with E-state index in [0.717, 1.165) is 41.7 Å². The Morgan fingerprint density at radius 2 is 2.25 bits per heavy atom. The van der Waals surface area contributed by atoms with E-state index in [1.165, 1.54) is 29.7 Å². The van der Waals surface area contributed by atoms with Gasteiger partial charge in [-0.3, -0.25) is 4.79 Å². The number of aromatic amines is 1. The number of aryl methyl sites for hydroxylation is 2. The lowest BCUT2D eigenvalue weighted by atomic mass is 9.89. The van der Waals surface area contributed by atoms with Crippen LogP contribution in [-0.4, -0.2) is 9.97 Å². The number of aromatic nitrogens is 2. The Balaban J connectivity index is 1.99. The third-order valence-corrected chi connectivity index (χ3v) is 5.41. The van der Waals surface area contributed by atoms with E-state index in [-0.39, 0.29) is 5.56 Å². The third-order valence-electron chi connectivity index (χ3n) is 4.23. The van der Waals surface area contributed by atoms with Gasteiger partial charge in [-0.25, -0.2) is 4.98 Å². The highest BCUT2D eigenvalue weighted by Gasteiger charge is 2.22. The van der Waals surface area contributed by atoms with E-state index in [1.54, 1.807) is 11.3 Å². The largest absolute Gasteiger partial charge is 0.310 e. The zero-order valence-electron chi connectivity index (χ0n) is 12.3. The number of unbranched alkanes of at least 4 members (excludes halogenated alkanes) is 2. The molecule has 0 fully saturated rings. The Labute approximate surface area is 123 Å². The molecule has 108 valence electrons. The minimum atomic E-state index is 0.0769. The van der Waals surface area contributed by atoms with Gasteiger partial charge in [-0.2, -0.15) is 0 Å². The number of fused-ring (bicyclic) bond motifs is 3. The molecule has 20 heavy (non-hydrogen) atoms. The third kappa shape index (κ3) is 2.53. The van der Waals surface area contributed by atoms with Crippen molar-refractivity contribution in [3.63, 3.8) is 0 Å². The summed E-state index contributed by atoms with van der Waals surface area (Å²) in [4.78, 5) is 22.4. The highest BCUT2D eigenvalue weighted by atomic mass is 32.1. The maximum atomic E-state index is 12.4. The van der Waals surface area contributed by atoms with Crippen LogP contribution in [0.25, 0.3) is 10.2 Å². The van der Waals surface area contributed by atoms with Gasteiger partial charge in [0.2, 0.25) is 0 Å². The first-order chi connectivity index (χ1) is 9.69. The van der Waals surface area contributed by atoms with Crippen LogP contribution in [0.1, 0.15) is 55.8 Å². The van der Waals surface area contributed by atoms with Crippen molar-refractivity contribution < 1.29 is 0 Å². The van der Waals surface area contributed by atoms with Gasteiger partial charge in [0.05, 0.1) is 5.39 Å². The lowest BCUT2D eigenvalue weighted by Gasteiger charge is -2.17. The van der Waals surface area contributed by atoms with Gasteiger partial charge in [-0.1, -0.05) is 26.7 Å². The van der Waals surface area contributed by atoms with Crippen molar-refractivity contribution in [2.75, 3.05) is 0 Å². The summed E-state index contributed by atoms with van der Waals surface area (Å²) in [6, 6.07) is 0. The first-order valence-electron chi connectivity index (χ1n) is 7.72. The molecular formula is C16H22N2OS. The molecular weight excluding hydrogens is 268 g/mol. The molecule has 0 bridgehead atoms. The predicted molar refractivity (Wildman–Crippen MR) is 84.7 cm³/mol. The van der Waals surface area contributed by atoms with E-state index in [4.69, 9.17) is 4.98 Å². The van der Waals surface area contributed by atoms with Crippen molar-refractivity contribution in [3.05, 3.63) is 26.6 Å². The van der Waals surface area contributed by atoms with Crippen LogP contribution in [0.15, 0.2) is 4.79 Å². The van der Waals surface area contributed by atoms with Gasteiger partial charge in [0.25, 0.3) is 5.56 Å². The van der Waals surface area contributed by atoms with E-state index in [2.05, 4.69) is 18.8 Å². The molecule has 0 amide bonds. The number of nitrogens with one attached hydrogen (secondary N) is 1. The van der Waals surface area contributed by atoms with Crippen molar-refractivity contribution in [3.8, 4) is 0 Å². The summed E-state index contributed by atoms with van der Waals surface area (Å²) in [6.07, 6.45) is 7.77. The Hall–Kier alpha value is -1.16. The summed E-state index contributed by atoms with van der Waals surface area (Å²) >= 11 is 1.74. The number of hydrogen-bond donors (Lipinski definition) is 1. The fourth-order valence-electron chi connectivity index (χ4n) is 3.06. The number of nitrogens with zero attached hydrogens (tertiary/aromatic N) is 1. The highest BCUT2D eigenvalue weighted by Crippen LogP contribution is 2.35. The second-order valence-electron chi connectivity index (χ2n) is 6.00. The van der Waals surface area contributed by atoms with Crippen LogP contribution in [0, 0.1) is 5.92 Å². The van der Waals surface area contributed by atoms with Crippen molar-refractivity contribution in [1.82, 2.24) is 9.97 Å². The van der Waals surface area contributed by atoms with Crippen LogP contribution in [0.3, 0.4) is 0 Å². The molecule has 2 aromatic heterocycles. The van der Waals surface area contributed by atoms with Crippen LogP contribution in [0.5, 0.6) is 0 Å². The average molecular weight is 290 g/mol. The summed E-state index contributed by atoms with van der Waals surface area (Å²) in [5, 5.41) is 0.871. The van der Waals surface area contributed by atoms with Crippen molar-refractivity contribution in [2.24, 2.45) is 5.92 Å². The molecule has 2 aromatic rings. The van der Waals surface area contributed by atoms with Gasteiger partial charge in [-0.05, 0) is 37.2 Å². The van der Waals surface area contributed by atoms with Crippen LogP contribution < -0.4 is 5.56 Å². The smallest absolute Gasteiger partial charge is 0.259 e. The summed E-state index contributed by atoms with van der Waals surface area (Å²) < 4.78 is 0. The second-order valence-corrected chi connectivity index (χ2v) is 7.09. The Morgan fingerprint density at radius 1 is 1.40 bits per heavy atom. The molecule has 0 unspecified atom stereocenters. The fourth-order valence-corrected chi connectivity index (χ4v) is 4.30. The first-order valence-corrected chi connectivity index (χ1v) is 8.54. The Kier molecular flexibility index (Phi) is 3.92. The van der Waals surface area contributed by atoms with E-state index < -0.39 is 0 Å². The molecule has 1 aliphatic rings. The average Bonchev–Trinajstić information content (AvgIpc) is 2.77. The topological polar surface area (TPSA) is 45.8 Å². The molecule has 3 rings (SSSR count). The number of rotatable bonds is 4. The molecule has 0 aromatic carbocycles. The lowest BCUT2D eigenvalue weighted by molar-refractivity contribution is 0.508. The van der Waals surface area contributed by atoms with Crippen molar-refractivity contribution in [2.45, 2.75) is 58.8 Å². The molecule has 2 heterocycles. The Bertz CT molecular complexity index is 671. The van der Waals surface area contributed by atoms with Gasteiger partial charge in [0.15, 0.2) is 0 Å². The molecule has 0 saturated carbocycles. The minimum absolute atomic E-state index is 0.0769. The number of hydrogen-bond acceptors (Lipinski definition) is 3. The molecule has 0 spiro atoms. The summed E-state index contributed by atoms with van der Waals surface area (Å²) in [5.41, 5.74) is 1.35. The van der Waals surface area contributed by atoms with Gasteiger partial charge in [0.1, 0.15) is 10.7 Å². The molecule has 1 N–H and O–H groups in total. The standard InChI is InChI=1S/C16H22N2OS/c1-3-4-5-6-13-17-15(19)14-11-9-10(2)7-8-12(11)20-16(14)18-13/h10H,3-9H2,1-2H3,(H,17,18,19)/t10-/m1/s1. The van der Waals surface area contributed by atoms with Crippen LogP contribution in [-0.2, 0) is 19.3 Å². The van der Waals surface area contributed by atoms with Crippen molar-refractivity contribution >= 4 is 21.6 Å².